The molecule has 4 rings (SSSR count). The quantitative estimate of drug-likeness (QED) is 0.856. The largest absolute Gasteiger partial charge is 0.379 e. The Balaban J connectivity index is 1.47. The van der Waals surface area contributed by atoms with Crippen molar-refractivity contribution in [2.45, 2.75) is 37.8 Å². The van der Waals surface area contributed by atoms with E-state index < -0.39 is 0 Å². The maximum atomic E-state index is 13.0. The Morgan fingerprint density at radius 1 is 1.15 bits per heavy atom. The van der Waals surface area contributed by atoms with Gasteiger partial charge in [-0.15, -0.1) is 0 Å². The minimum atomic E-state index is -0.309. The lowest BCUT2D eigenvalue weighted by atomic mass is 9.83. The Kier molecular flexibility index (Phi) is 5.07. The minimum absolute atomic E-state index is 0.115. The van der Waals surface area contributed by atoms with Gasteiger partial charge in [-0.05, 0) is 43.0 Å². The first-order chi connectivity index (χ1) is 13.1. The Morgan fingerprint density at radius 3 is 2.74 bits per heavy atom. The van der Waals surface area contributed by atoms with Crippen molar-refractivity contribution in [3.63, 3.8) is 0 Å². The number of amides is 1. The summed E-state index contributed by atoms with van der Waals surface area (Å²) >= 11 is 0. The number of nitrogens with zero attached hydrogens (tertiary/aromatic N) is 2. The van der Waals surface area contributed by atoms with Crippen molar-refractivity contribution in [1.82, 2.24) is 15.2 Å². The van der Waals surface area contributed by atoms with Gasteiger partial charge in [0, 0.05) is 43.8 Å². The lowest BCUT2D eigenvalue weighted by Crippen LogP contribution is -2.51. The summed E-state index contributed by atoms with van der Waals surface area (Å²) in [6, 6.07) is 11.5. The van der Waals surface area contributed by atoms with Crippen molar-refractivity contribution in [2.75, 3.05) is 25.0 Å². The molecule has 2 aliphatic heterocycles. The van der Waals surface area contributed by atoms with Gasteiger partial charge in [-0.3, -0.25) is 14.7 Å². The van der Waals surface area contributed by atoms with E-state index in [1.165, 1.54) is 17.8 Å². The molecular weight excluding hydrogens is 343 g/mol. The molecule has 0 atom stereocenters. The van der Waals surface area contributed by atoms with Gasteiger partial charge in [-0.2, -0.15) is 0 Å². The summed E-state index contributed by atoms with van der Waals surface area (Å²) in [6.07, 6.45) is 4.37. The maximum Gasteiger partial charge on any atom is 0.222 e. The highest BCUT2D eigenvalue weighted by atomic mass is 19.1. The summed E-state index contributed by atoms with van der Waals surface area (Å²) in [7, 11) is 0. The van der Waals surface area contributed by atoms with Crippen molar-refractivity contribution in [3.05, 3.63) is 59.7 Å². The number of aromatic nitrogens is 1. The van der Waals surface area contributed by atoms with Crippen LogP contribution in [-0.2, 0) is 17.8 Å². The van der Waals surface area contributed by atoms with Gasteiger partial charge in [0.2, 0.25) is 5.91 Å². The molecule has 1 aromatic heterocycles. The van der Waals surface area contributed by atoms with Crippen LogP contribution in [0.1, 0.15) is 30.5 Å². The molecule has 3 heterocycles. The van der Waals surface area contributed by atoms with E-state index in [0.29, 0.717) is 19.5 Å². The van der Waals surface area contributed by atoms with Crippen LogP contribution in [-0.4, -0.2) is 41.0 Å². The minimum Gasteiger partial charge on any atom is -0.379 e. The second-order valence-electron chi connectivity index (χ2n) is 7.58. The zero-order chi connectivity index (χ0) is 18.7. The molecule has 1 amide bonds. The van der Waals surface area contributed by atoms with Gasteiger partial charge in [0.25, 0.3) is 0 Å². The summed E-state index contributed by atoms with van der Waals surface area (Å²) in [5.41, 5.74) is 3.04. The molecule has 27 heavy (non-hydrogen) atoms. The van der Waals surface area contributed by atoms with Crippen LogP contribution >= 0.6 is 0 Å². The number of para-hydroxylation sites is 1. The summed E-state index contributed by atoms with van der Waals surface area (Å²) in [6.45, 7) is 3.14. The third-order valence-electron chi connectivity index (χ3n) is 5.62. The highest BCUT2D eigenvalue weighted by Crippen LogP contribution is 2.33. The third-order valence-corrected chi connectivity index (χ3v) is 5.62. The molecule has 5 nitrogen and oxygen atoms in total. The Hall–Kier alpha value is -2.47. The summed E-state index contributed by atoms with van der Waals surface area (Å²) in [5.74, 6) is -0.195. The van der Waals surface area contributed by atoms with Crippen molar-refractivity contribution < 1.29 is 9.18 Å². The van der Waals surface area contributed by atoms with Gasteiger partial charge in [-0.25, -0.2) is 4.39 Å². The zero-order valence-electron chi connectivity index (χ0n) is 15.4. The van der Waals surface area contributed by atoms with Gasteiger partial charge >= 0.3 is 0 Å². The number of hydrogen-bond acceptors (Lipinski definition) is 4. The van der Waals surface area contributed by atoms with E-state index in [2.05, 4.69) is 32.7 Å². The van der Waals surface area contributed by atoms with Gasteiger partial charge in [0.15, 0.2) is 0 Å². The molecule has 2 aliphatic rings. The Labute approximate surface area is 159 Å². The van der Waals surface area contributed by atoms with Gasteiger partial charge < -0.3 is 10.6 Å². The number of likely N-dealkylation sites (tertiary alicyclic amines) is 1. The van der Waals surface area contributed by atoms with Gasteiger partial charge in [-0.1, -0.05) is 18.2 Å². The molecule has 2 N–H and O–H groups in total. The monoisotopic (exact) mass is 368 g/mol. The van der Waals surface area contributed by atoms with Crippen LogP contribution in [0.4, 0.5) is 10.1 Å². The fourth-order valence-corrected chi connectivity index (χ4v) is 4.07. The highest BCUT2D eigenvalue weighted by molar-refractivity contribution is 5.78. The third kappa shape index (κ3) is 4.27. The number of carbonyl (C=O) groups excluding carboxylic acids is 1. The molecule has 0 radical (unpaired) electrons. The molecule has 142 valence electrons. The lowest BCUT2D eigenvalue weighted by molar-refractivity contribution is -0.122. The fourth-order valence-electron chi connectivity index (χ4n) is 4.07. The van der Waals surface area contributed by atoms with E-state index in [0.717, 1.165) is 43.7 Å². The number of pyridine rings is 1. The average Bonchev–Trinajstić information content (AvgIpc) is 2.73. The highest BCUT2D eigenvalue weighted by Gasteiger charge is 2.37. The molecule has 0 aliphatic carbocycles. The first-order valence-corrected chi connectivity index (χ1v) is 9.58. The molecule has 0 bridgehead atoms. The van der Waals surface area contributed by atoms with Crippen molar-refractivity contribution in [3.8, 4) is 0 Å². The Bertz CT molecular complexity index is 800. The van der Waals surface area contributed by atoms with E-state index in [9.17, 15) is 9.18 Å². The second-order valence-corrected chi connectivity index (χ2v) is 7.58. The molecule has 0 saturated carbocycles. The molecule has 6 heteroatoms. The van der Waals surface area contributed by atoms with Crippen molar-refractivity contribution in [1.29, 1.82) is 0 Å². The lowest BCUT2D eigenvalue weighted by Gasteiger charge is -2.42. The van der Waals surface area contributed by atoms with Crippen LogP contribution in [0.5, 0.6) is 0 Å². The van der Waals surface area contributed by atoms with Crippen LogP contribution in [0.15, 0.2) is 42.6 Å². The number of halogens is 1. The van der Waals surface area contributed by atoms with E-state index in [4.69, 9.17) is 0 Å². The van der Waals surface area contributed by atoms with E-state index in [1.807, 2.05) is 12.1 Å². The first kappa shape index (κ1) is 17.9. The topological polar surface area (TPSA) is 57.3 Å². The Morgan fingerprint density at radius 2 is 1.96 bits per heavy atom. The van der Waals surface area contributed by atoms with E-state index >= 15 is 0 Å². The number of nitrogens with one attached hydrogen (secondary N) is 2. The smallest absolute Gasteiger partial charge is 0.222 e. The predicted octanol–water partition coefficient (Wildman–Crippen LogP) is 2.73. The number of anilines is 1. The molecule has 1 spiro atoms. The predicted molar refractivity (Wildman–Crippen MR) is 103 cm³/mol. The standard InChI is InChI=1S/C21H25FN4O/c22-17-5-6-18(24-14-17)15-26-11-8-21(9-12-26)13-20(27)23-10-7-16-3-1-2-4-19(16)25-21/h1-6,14,25H,7-13,15H2,(H,23,27). The second kappa shape index (κ2) is 7.64. The van der Waals surface area contributed by atoms with E-state index in [-0.39, 0.29) is 17.3 Å². The normalized spacial score (nSPS) is 20.0. The fraction of sp³-hybridized carbons (Fsp3) is 0.429. The number of fused-ring (bicyclic) bond motifs is 1. The summed E-state index contributed by atoms with van der Waals surface area (Å²) in [4.78, 5) is 18.9. The summed E-state index contributed by atoms with van der Waals surface area (Å²) in [5, 5.41) is 6.78. The number of piperidine rings is 1. The number of carbonyl (C=O) groups is 1. The van der Waals surface area contributed by atoms with Crippen molar-refractivity contribution >= 4 is 11.6 Å². The van der Waals surface area contributed by atoms with Gasteiger partial charge in [0.1, 0.15) is 5.82 Å². The van der Waals surface area contributed by atoms with Gasteiger partial charge in [0.05, 0.1) is 11.9 Å². The SMILES string of the molecule is O=C1CC2(CCN(Cc3ccc(F)cn3)CC2)Nc2ccccc2CCN1. The summed E-state index contributed by atoms with van der Waals surface area (Å²) < 4.78 is 13.0. The maximum absolute atomic E-state index is 13.0. The van der Waals surface area contributed by atoms with Crippen LogP contribution < -0.4 is 10.6 Å². The first-order valence-electron chi connectivity index (χ1n) is 9.58. The number of benzene rings is 1. The number of rotatable bonds is 2. The van der Waals surface area contributed by atoms with Crippen molar-refractivity contribution in [2.24, 2.45) is 0 Å². The molecule has 1 aromatic carbocycles. The van der Waals surface area contributed by atoms with E-state index in [1.54, 1.807) is 6.07 Å². The van der Waals surface area contributed by atoms with Crippen LogP contribution in [0.2, 0.25) is 0 Å². The molecule has 0 unspecified atom stereocenters. The number of hydrogen-bond donors (Lipinski definition) is 2. The average molecular weight is 368 g/mol. The van der Waals surface area contributed by atoms with Crippen LogP contribution in [0.25, 0.3) is 0 Å². The molecule has 2 aromatic rings. The van der Waals surface area contributed by atoms with Crippen LogP contribution in [0.3, 0.4) is 0 Å². The zero-order valence-corrected chi connectivity index (χ0v) is 15.4. The molecule has 1 fully saturated rings. The molecule has 1 saturated heterocycles. The molecular formula is C21H25FN4O. The van der Waals surface area contributed by atoms with Crippen LogP contribution in [0, 0.1) is 5.82 Å².